The number of carbonyl (C=O) groups excluding carboxylic acids is 2. The van der Waals surface area contributed by atoms with Gasteiger partial charge in [-0.25, -0.2) is 0 Å². The van der Waals surface area contributed by atoms with Gasteiger partial charge in [-0.15, -0.1) is 0 Å². The zero-order chi connectivity index (χ0) is 17.4. The lowest BCUT2D eigenvalue weighted by molar-refractivity contribution is -0.137. The third-order valence-corrected chi connectivity index (χ3v) is 5.36. The summed E-state index contributed by atoms with van der Waals surface area (Å²) in [7, 11) is 0. The highest BCUT2D eigenvalue weighted by Crippen LogP contribution is 2.32. The van der Waals surface area contributed by atoms with Crippen LogP contribution in [0.5, 0.6) is 0 Å². The summed E-state index contributed by atoms with van der Waals surface area (Å²) in [6, 6.07) is 0. The fraction of sp³-hybridized carbons (Fsp3) is 0.765. The van der Waals surface area contributed by atoms with Gasteiger partial charge in [0.25, 0.3) is 0 Å². The molecular weight excluding hydrogens is 322 g/mol. The van der Waals surface area contributed by atoms with E-state index in [0.717, 1.165) is 19.6 Å². The Bertz CT molecular complexity index is 648. The standard InChI is InChI=1S/C17H25N5O3/c1-12-18-15(19-25-12)11-20-4-6-21(7-5-20)17(24)14-8-16(23)22(10-14)9-13-2-3-13/h13-14H,2-11H2,1H3/t14-/m0/s1. The average Bonchev–Trinajstić information content (AvgIpc) is 3.22. The molecule has 3 heterocycles. The summed E-state index contributed by atoms with van der Waals surface area (Å²) in [6.45, 7) is 6.87. The molecule has 25 heavy (non-hydrogen) atoms. The van der Waals surface area contributed by atoms with Gasteiger partial charge in [-0.3, -0.25) is 14.5 Å². The first-order valence-corrected chi connectivity index (χ1v) is 9.16. The average molecular weight is 347 g/mol. The Kier molecular flexibility index (Phi) is 4.45. The number of carbonyl (C=O) groups is 2. The van der Waals surface area contributed by atoms with E-state index in [1.54, 1.807) is 6.92 Å². The minimum atomic E-state index is -0.155. The predicted molar refractivity (Wildman–Crippen MR) is 88.3 cm³/mol. The highest BCUT2D eigenvalue weighted by molar-refractivity contribution is 5.89. The molecule has 2 saturated heterocycles. The summed E-state index contributed by atoms with van der Waals surface area (Å²) in [5.41, 5.74) is 0. The van der Waals surface area contributed by atoms with E-state index in [2.05, 4.69) is 15.0 Å². The number of amides is 2. The topological polar surface area (TPSA) is 82.8 Å². The van der Waals surface area contributed by atoms with E-state index in [1.807, 2.05) is 9.80 Å². The van der Waals surface area contributed by atoms with E-state index in [1.165, 1.54) is 12.8 Å². The molecule has 8 nitrogen and oxygen atoms in total. The lowest BCUT2D eigenvalue weighted by Crippen LogP contribution is -2.50. The Labute approximate surface area is 147 Å². The number of nitrogens with zero attached hydrogens (tertiary/aromatic N) is 5. The molecule has 1 aromatic heterocycles. The molecule has 0 unspecified atom stereocenters. The molecule has 2 amide bonds. The second-order valence-electron chi connectivity index (χ2n) is 7.47. The molecule has 4 rings (SSSR count). The van der Waals surface area contributed by atoms with Crippen molar-refractivity contribution in [2.75, 3.05) is 39.3 Å². The van der Waals surface area contributed by atoms with E-state index in [0.29, 0.717) is 50.2 Å². The van der Waals surface area contributed by atoms with E-state index >= 15 is 0 Å². The Morgan fingerprint density at radius 1 is 1.24 bits per heavy atom. The summed E-state index contributed by atoms with van der Waals surface area (Å²) >= 11 is 0. The van der Waals surface area contributed by atoms with Gasteiger partial charge in [-0.1, -0.05) is 5.16 Å². The van der Waals surface area contributed by atoms with Crippen molar-refractivity contribution in [2.45, 2.75) is 32.7 Å². The van der Waals surface area contributed by atoms with Crippen LogP contribution in [0, 0.1) is 18.8 Å². The number of hydrogen-bond donors (Lipinski definition) is 0. The van der Waals surface area contributed by atoms with Crippen LogP contribution in [0.3, 0.4) is 0 Å². The first-order chi connectivity index (χ1) is 12.1. The van der Waals surface area contributed by atoms with Crippen LogP contribution in [-0.2, 0) is 16.1 Å². The fourth-order valence-corrected chi connectivity index (χ4v) is 3.72. The third-order valence-electron chi connectivity index (χ3n) is 5.36. The quantitative estimate of drug-likeness (QED) is 0.761. The van der Waals surface area contributed by atoms with Crippen LogP contribution < -0.4 is 0 Å². The van der Waals surface area contributed by atoms with Crippen molar-refractivity contribution < 1.29 is 14.1 Å². The summed E-state index contributed by atoms with van der Waals surface area (Å²) < 4.78 is 5.00. The Morgan fingerprint density at radius 2 is 2.00 bits per heavy atom. The zero-order valence-electron chi connectivity index (χ0n) is 14.7. The van der Waals surface area contributed by atoms with Crippen molar-refractivity contribution in [3.05, 3.63) is 11.7 Å². The number of piperazine rings is 1. The maximum absolute atomic E-state index is 12.8. The van der Waals surface area contributed by atoms with Crippen LogP contribution in [0.1, 0.15) is 31.0 Å². The maximum Gasteiger partial charge on any atom is 0.228 e. The van der Waals surface area contributed by atoms with Gasteiger partial charge < -0.3 is 14.3 Å². The number of aryl methyl sites for hydroxylation is 1. The molecule has 1 saturated carbocycles. The molecule has 0 spiro atoms. The van der Waals surface area contributed by atoms with Crippen molar-refractivity contribution in [1.82, 2.24) is 24.8 Å². The van der Waals surface area contributed by atoms with E-state index in [-0.39, 0.29) is 17.7 Å². The molecule has 2 aliphatic heterocycles. The van der Waals surface area contributed by atoms with Gasteiger partial charge in [0.15, 0.2) is 5.82 Å². The normalized spacial score (nSPS) is 25.0. The van der Waals surface area contributed by atoms with Gasteiger partial charge in [-0.05, 0) is 18.8 Å². The molecule has 0 bridgehead atoms. The second kappa shape index (κ2) is 6.74. The lowest BCUT2D eigenvalue weighted by Gasteiger charge is -2.35. The number of likely N-dealkylation sites (tertiary alicyclic amines) is 1. The molecule has 1 aromatic rings. The van der Waals surface area contributed by atoms with Gasteiger partial charge in [0.05, 0.1) is 12.5 Å². The van der Waals surface area contributed by atoms with Gasteiger partial charge in [0.1, 0.15) is 0 Å². The molecule has 8 heteroatoms. The Hall–Kier alpha value is -1.96. The van der Waals surface area contributed by atoms with Crippen LogP contribution >= 0.6 is 0 Å². The number of aromatic nitrogens is 2. The second-order valence-corrected chi connectivity index (χ2v) is 7.47. The van der Waals surface area contributed by atoms with Crippen molar-refractivity contribution >= 4 is 11.8 Å². The number of hydrogen-bond acceptors (Lipinski definition) is 6. The first kappa shape index (κ1) is 16.5. The van der Waals surface area contributed by atoms with Crippen molar-refractivity contribution in [3.8, 4) is 0 Å². The van der Waals surface area contributed by atoms with E-state index in [4.69, 9.17) is 4.52 Å². The smallest absolute Gasteiger partial charge is 0.228 e. The van der Waals surface area contributed by atoms with E-state index < -0.39 is 0 Å². The van der Waals surface area contributed by atoms with Gasteiger partial charge in [-0.2, -0.15) is 4.98 Å². The van der Waals surface area contributed by atoms with Crippen LogP contribution in [0.4, 0.5) is 0 Å². The molecule has 1 aliphatic carbocycles. The Morgan fingerprint density at radius 3 is 2.64 bits per heavy atom. The summed E-state index contributed by atoms with van der Waals surface area (Å²) in [5, 5.41) is 3.92. The molecule has 0 aromatic carbocycles. The lowest BCUT2D eigenvalue weighted by atomic mass is 10.1. The highest BCUT2D eigenvalue weighted by Gasteiger charge is 2.39. The van der Waals surface area contributed by atoms with Crippen molar-refractivity contribution in [3.63, 3.8) is 0 Å². The van der Waals surface area contributed by atoms with Gasteiger partial charge in [0, 0.05) is 52.6 Å². The SMILES string of the molecule is Cc1nc(CN2CCN(C(=O)[C@H]3CC(=O)N(CC4CC4)C3)CC2)no1. The summed E-state index contributed by atoms with van der Waals surface area (Å²) in [4.78, 5) is 35.1. The Balaban J connectivity index is 1.25. The minimum absolute atomic E-state index is 0.140. The van der Waals surface area contributed by atoms with E-state index in [9.17, 15) is 9.59 Å². The van der Waals surface area contributed by atoms with Crippen molar-refractivity contribution in [1.29, 1.82) is 0 Å². The highest BCUT2D eigenvalue weighted by atomic mass is 16.5. The minimum Gasteiger partial charge on any atom is -0.342 e. The largest absolute Gasteiger partial charge is 0.342 e. The predicted octanol–water partition coefficient (Wildman–Crippen LogP) is 0.281. The molecule has 3 aliphatic rings. The van der Waals surface area contributed by atoms with Gasteiger partial charge in [0.2, 0.25) is 17.7 Å². The first-order valence-electron chi connectivity index (χ1n) is 9.16. The third kappa shape index (κ3) is 3.84. The zero-order valence-corrected chi connectivity index (χ0v) is 14.7. The summed E-state index contributed by atoms with van der Waals surface area (Å²) in [6.07, 6.45) is 2.84. The van der Waals surface area contributed by atoms with Crippen LogP contribution in [-0.4, -0.2) is 75.9 Å². The molecule has 136 valence electrons. The summed E-state index contributed by atoms with van der Waals surface area (Å²) in [5.74, 6) is 2.07. The molecule has 3 fully saturated rings. The monoisotopic (exact) mass is 347 g/mol. The van der Waals surface area contributed by atoms with Crippen LogP contribution in [0.2, 0.25) is 0 Å². The molecular formula is C17H25N5O3. The van der Waals surface area contributed by atoms with Crippen LogP contribution in [0.15, 0.2) is 4.52 Å². The molecule has 0 N–H and O–H groups in total. The number of rotatable bonds is 5. The van der Waals surface area contributed by atoms with Crippen LogP contribution in [0.25, 0.3) is 0 Å². The van der Waals surface area contributed by atoms with Crippen molar-refractivity contribution in [2.24, 2.45) is 11.8 Å². The molecule has 0 radical (unpaired) electrons. The molecule has 1 atom stereocenters. The maximum atomic E-state index is 12.8. The van der Waals surface area contributed by atoms with Gasteiger partial charge >= 0.3 is 0 Å². The fourth-order valence-electron chi connectivity index (χ4n) is 3.72.